The summed E-state index contributed by atoms with van der Waals surface area (Å²) in [7, 11) is -2.69. The zero-order chi connectivity index (χ0) is 21.3. The summed E-state index contributed by atoms with van der Waals surface area (Å²) in [5.74, 6) is 0. The Morgan fingerprint density at radius 3 is 1.93 bits per heavy atom. The number of anilines is 3. The molecule has 1 aromatic heterocycles. The fraction of sp³-hybridized carbons (Fsp3) is 0.0909. The summed E-state index contributed by atoms with van der Waals surface area (Å²) in [6.07, 6.45) is -0.0185. The van der Waals surface area contributed by atoms with E-state index in [4.69, 9.17) is 4.98 Å². The van der Waals surface area contributed by atoms with Crippen molar-refractivity contribution < 1.29 is 17.9 Å². The lowest BCUT2D eigenvalue weighted by molar-refractivity contribution is 0.183. The molecule has 0 saturated carbocycles. The van der Waals surface area contributed by atoms with Crippen molar-refractivity contribution in [3.8, 4) is 0 Å². The first-order valence-corrected chi connectivity index (χ1v) is 11.0. The van der Waals surface area contributed by atoms with Crippen molar-refractivity contribution in [1.82, 2.24) is 4.98 Å². The Labute approximate surface area is 174 Å². The quantitative estimate of drug-likeness (QED) is 0.482. The molecule has 0 bridgehead atoms. The lowest BCUT2D eigenvalue weighted by Crippen LogP contribution is -2.35. The number of carbonyl (C=O) groups is 1. The van der Waals surface area contributed by atoms with Gasteiger partial charge in [0, 0.05) is 16.5 Å². The fourth-order valence-electron chi connectivity index (χ4n) is 3.31. The Morgan fingerprint density at radius 1 is 0.900 bits per heavy atom. The van der Waals surface area contributed by atoms with Crippen LogP contribution < -0.4 is 9.62 Å². The maximum absolute atomic E-state index is 12.0. The standard InChI is InChI=1S/C22H19N3O4S/c1-29-22(26)25(30(2,27)28)16-13-11-15(12-14-16)23-21-17-7-3-5-9-19(17)24-20-10-6-4-8-18(20)21/h3-14H,1-2H3,(H,23,24). The Bertz CT molecular complexity index is 1300. The second kappa shape index (κ2) is 7.64. The molecular formula is C22H19N3O4S. The number of rotatable bonds is 4. The lowest BCUT2D eigenvalue weighted by Gasteiger charge is -2.19. The largest absolute Gasteiger partial charge is 0.452 e. The van der Waals surface area contributed by atoms with Gasteiger partial charge in [0.1, 0.15) is 0 Å². The van der Waals surface area contributed by atoms with Crippen molar-refractivity contribution in [2.75, 3.05) is 23.0 Å². The van der Waals surface area contributed by atoms with Crippen molar-refractivity contribution in [2.45, 2.75) is 0 Å². The number of benzene rings is 3. The van der Waals surface area contributed by atoms with Crippen LogP contribution in [0.25, 0.3) is 21.8 Å². The highest BCUT2D eigenvalue weighted by molar-refractivity contribution is 7.92. The van der Waals surface area contributed by atoms with Gasteiger partial charge in [-0.25, -0.2) is 18.2 Å². The van der Waals surface area contributed by atoms with Gasteiger partial charge in [-0.1, -0.05) is 36.4 Å². The third-order valence-corrected chi connectivity index (χ3v) is 5.65. The van der Waals surface area contributed by atoms with Gasteiger partial charge < -0.3 is 10.1 Å². The molecule has 3 aromatic carbocycles. The zero-order valence-corrected chi connectivity index (χ0v) is 17.2. The van der Waals surface area contributed by atoms with Crippen LogP contribution in [0.2, 0.25) is 0 Å². The molecule has 1 N–H and O–H groups in total. The van der Waals surface area contributed by atoms with Crippen molar-refractivity contribution in [3.05, 3.63) is 72.8 Å². The van der Waals surface area contributed by atoms with E-state index in [0.717, 1.165) is 46.5 Å². The highest BCUT2D eigenvalue weighted by atomic mass is 32.2. The molecule has 0 aliphatic carbocycles. The van der Waals surface area contributed by atoms with Gasteiger partial charge in [0.05, 0.1) is 35.8 Å². The highest BCUT2D eigenvalue weighted by Gasteiger charge is 2.26. The average molecular weight is 421 g/mol. The van der Waals surface area contributed by atoms with Crippen LogP contribution in [0.3, 0.4) is 0 Å². The fourth-order valence-corrected chi connectivity index (χ4v) is 4.16. The highest BCUT2D eigenvalue weighted by Crippen LogP contribution is 2.33. The number of nitrogens with zero attached hydrogens (tertiary/aromatic N) is 2. The number of hydrogen-bond acceptors (Lipinski definition) is 6. The number of pyridine rings is 1. The molecule has 0 spiro atoms. The van der Waals surface area contributed by atoms with Crippen LogP contribution >= 0.6 is 0 Å². The summed E-state index contributed by atoms with van der Waals surface area (Å²) in [6.45, 7) is 0. The molecule has 8 heteroatoms. The second-order valence-corrected chi connectivity index (χ2v) is 8.52. The first kappa shape index (κ1) is 19.7. The summed E-state index contributed by atoms with van der Waals surface area (Å²) in [5, 5.41) is 5.34. The zero-order valence-electron chi connectivity index (χ0n) is 16.4. The molecular weight excluding hydrogens is 402 g/mol. The first-order valence-electron chi connectivity index (χ1n) is 9.11. The van der Waals surface area contributed by atoms with Gasteiger partial charge >= 0.3 is 6.09 Å². The summed E-state index contributed by atoms with van der Waals surface area (Å²) < 4.78 is 29.2. The van der Waals surface area contributed by atoms with Crippen LogP contribution in [0.5, 0.6) is 0 Å². The van der Waals surface area contributed by atoms with E-state index >= 15 is 0 Å². The summed E-state index contributed by atoms with van der Waals surface area (Å²) >= 11 is 0. The molecule has 0 atom stereocenters. The van der Waals surface area contributed by atoms with E-state index in [1.807, 2.05) is 48.5 Å². The van der Waals surface area contributed by atoms with Gasteiger partial charge in [-0.15, -0.1) is 0 Å². The number of sulfonamides is 1. The van der Waals surface area contributed by atoms with E-state index in [2.05, 4.69) is 10.1 Å². The van der Waals surface area contributed by atoms with E-state index in [0.29, 0.717) is 4.31 Å². The predicted octanol–water partition coefficient (Wildman–Crippen LogP) is 4.66. The maximum atomic E-state index is 12.0. The number of para-hydroxylation sites is 2. The molecule has 1 amide bonds. The number of ether oxygens (including phenoxy) is 1. The normalized spacial score (nSPS) is 11.4. The smallest absolute Gasteiger partial charge is 0.428 e. The molecule has 7 nitrogen and oxygen atoms in total. The number of hydrogen-bond donors (Lipinski definition) is 1. The van der Waals surface area contributed by atoms with Gasteiger partial charge in [-0.05, 0) is 36.4 Å². The van der Waals surface area contributed by atoms with Gasteiger partial charge in [0.2, 0.25) is 10.0 Å². The first-order chi connectivity index (χ1) is 14.4. The average Bonchev–Trinajstić information content (AvgIpc) is 2.73. The van der Waals surface area contributed by atoms with Gasteiger partial charge in [-0.3, -0.25) is 0 Å². The van der Waals surface area contributed by atoms with E-state index in [1.54, 1.807) is 24.3 Å². The molecule has 0 unspecified atom stereocenters. The molecule has 152 valence electrons. The molecule has 0 saturated heterocycles. The van der Waals surface area contributed by atoms with Crippen LogP contribution in [0.15, 0.2) is 72.8 Å². The molecule has 4 rings (SSSR count). The second-order valence-electron chi connectivity index (χ2n) is 6.69. The maximum Gasteiger partial charge on any atom is 0.428 e. The van der Waals surface area contributed by atoms with Crippen molar-refractivity contribution >= 4 is 55.0 Å². The Hall–Kier alpha value is -3.65. The predicted molar refractivity (Wildman–Crippen MR) is 119 cm³/mol. The molecule has 0 aliphatic rings. The topological polar surface area (TPSA) is 88.6 Å². The van der Waals surface area contributed by atoms with Crippen LogP contribution in [0.4, 0.5) is 21.9 Å². The molecule has 0 fully saturated rings. The van der Waals surface area contributed by atoms with Crippen molar-refractivity contribution in [2.24, 2.45) is 0 Å². The summed E-state index contributed by atoms with van der Waals surface area (Å²) in [4.78, 5) is 16.6. The SMILES string of the molecule is COC(=O)N(c1ccc(Nc2c3ccccc3nc3ccccc23)cc1)S(C)(=O)=O. The van der Waals surface area contributed by atoms with E-state index in [-0.39, 0.29) is 5.69 Å². The van der Waals surface area contributed by atoms with Crippen LogP contribution in [-0.2, 0) is 14.8 Å². The third-order valence-electron chi connectivity index (χ3n) is 4.63. The van der Waals surface area contributed by atoms with Gasteiger partial charge in [-0.2, -0.15) is 4.31 Å². The van der Waals surface area contributed by atoms with Crippen molar-refractivity contribution in [1.29, 1.82) is 0 Å². The Balaban J connectivity index is 1.77. The van der Waals surface area contributed by atoms with Crippen molar-refractivity contribution in [3.63, 3.8) is 0 Å². The molecule has 4 aromatic rings. The number of methoxy groups -OCH3 is 1. The molecule has 0 aliphatic heterocycles. The van der Waals surface area contributed by atoms with Crippen LogP contribution in [0.1, 0.15) is 0 Å². The lowest BCUT2D eigenvalue weighted by atomic mass is 10.1. The van der Waals surface area contributed by atoms with E-state index < -0.39 is 16.1 Å². The van der Waals surface area contributed by atoms with E-state index in [9.17, 15) is 13.2 Å². The summed E-state index contributed by atoms with van der Waals surface area (Å²) in [5.41, 5.74) is 3.56. The summed E-state index contributed by atoms with van der Waals surface area (Å²) in [6, 6.07) is 22.2. The van der Waals surface area contributed by atoms with Crippen LogP contribution in [-0.4, -0.2) is 32.9 Å². The minimum atomic E-state index is -3.83. The monoisotopic (exact) mass is 421 g/mol. The van der Waals surface area contributed by atoms with Crippen LogP contribution in [0, 0.1) is 0 Å². The minimum absolute atomic E-state index is 0.194. The Morgan fingerprint density at radius 2 is 1.43 bits per heavy atom. The number of carbonyl (C=O) groups excluding carboxylic acids is 1. The minimum Gasteiger partial charge on any atom is -0.452 e. The van der Waals surface area contributed by atoms with E-state index in [1.165, 1.54) is 0 Å². The molecule has 1 heterocycles. The van der Waals surface area contributed by atoms with Gasteiger partial charge in [0.25, 0.3) is 0 Å². The number of aromatic nitrogens is 1. The number of fused-ring (bicyclic) bond motifs is 2. The number of amides is 1. The Kier molecular flexibility index (Phi) is 5.01. The molecule has 30 heavy (non-hydrogen) atoms. The number of nitrogens with one attached hydrogen (secondary N) is 1. The molecule has 0 radical (unpaired) electrons. The third kappa shape index (κ3) is 3.65. The van der Waals surface area contributed by atoms with Gasteiger partial charge in [0.15, 0.2) is 0 Å².